The van der Waals surface area contributed by atoms with Crippen molar-refractivity contribution in [2.45, 2.75) is 26.7 Å². The number of carbonyl (C=O) groups excluding carboxylic acids is 2. The standard InChI is InChI=1S/C25H24O4/c1-15(2)24(26)28-14-17(5)18-8-10-22-19(12-18)6-7-20-13-21(9-11-23(20)22)29-25(27)16(3)4/h6-13,17H,1,3,14H2,2,4-5H3. The minimum Gasteiger partial charge on any atom is -0.462 e. The topological polar surface area (TPSA) is 52.6 Å². The Balaban J connectivity index is 1.87. The molecule has 0 radical (unpaired) electrons. The summed E-state index contributed by atoms with van der Waals surface area (Å²) in [5.74, 6) is -0.236. The number of rotatable bonds is 6. The summed E-state index contributed by atoms with van der Waals surface area (Å²) in [4.78, 5) is 23.3. The van der Waals surface area contributed by atoms with Crippen LogP contribution >= 0.6 is 0 Å². The Labute approximate surface area is 170 Å². The molecule has 0 N–H and O–H groups in total. The molecule has 3 aromatic rings. The van der Waals surface area contributed by atoms with Gasteiger partial charge in [-0.15, -0.1) is 0 Å². The lowest BCUT2D eigenvalue weighted by Crippen LogP contribution is -2.11. The third-order valence-corrected chi connectivity index (χ3v) is 4.77. The summed E-state index contributed by atoms with van der Waals surface area (Å²) >= 11 is 0. The van der Waals surface area contributed by atoms with Gasteiger partial charge in [0.05, 0.1) is 6.61 Å². The van der Waals surface area contributed by atoms with E-state index in [0.717, 1.165) is 27.1 Å². The molecule has 0 aliphatic heterocycles. The third kappa shape index (κ3) is 4.54. The first-order valence-corrected chi connectivity index (χ1v) is 9.43. The molecule has 1 unspecified atom stereocenters. The highest BCUT2D eigenvalue weighted by molar-refractivity contribution is 6.08. The van der Waals surface area contributed by atoms with E-state index in [1.807, 2.05) is 31.2 Å². The van der Waals surface area contributed by atoms with Crippen molar-refractivity contribution < 1.29 is 19.1 Å². The summed E-state index contributed by atoms with van der Waals surface area (Å²) in [5.41, 5.74) is 1.85. The lowest BCUT2D eigenvalue weighted by molar-refractivity contribution is -0.139. The Bertz CT molecular complexity index is 1140. The fourth-order valence-corrected chi connectivity index (χ4v) is 3.05. The predicted molar refractivity (Wildman–Crippen MR) is 116 cm³/mol. The molecule has 0 spiro atoms. The van der Waals surface area contributed by atoms with Crippen LogP contribution < -0.4 is 4.74 Å². The second-order valence-corrected chi connectivity index (χ2v) is 7.38. The average Bonchev–Trinajstić information content (AvgIpc) is 2.70. The van der Waals surface area contributed by atoms with Gasteiger partial charge >= 0.3 is 11.9 Å². The minimum absolute atomic E-state index is 0.0716. The second-order valence-electron chi connectivity index (χ2n) is 7.38. The zero-order valence-corrected chi connectivity index (χ0v) is 17.0. The molecule has 0 aliphatic rings. The van der Waals surface area contributed by atoms with E-state index in [-0.39, 0.29) is 11.9 Å². The first kappa shape index (κ1) is 20.3. The van der Waals surface area contributed by atoms with E-state index in [0.29, 0.717) is 23.5 Å². The molecule has 0 saturated heterocycles. The van der Waals surface area contributed by atoms with Gasteiger partial charge in [-0.3, -0.25) is 0 Å². The molecule has 29 heavy (non-hydrogen) atoms. The highest BCUT2D eigenvalue weighted by atomic mass is 16.5. The van der Waals surface area contributed by atoms with Crippen molar-refractivity contribution in [3.8, 4) is 5.75 Å². The second kappa shape index (κ2) is 8.31. The number of carbonyl (C=O) groups is 2. The maximum absolute atomic E-state index is 11.7. The van der Waals surface area contributed by atoms with Gasteiger partial charge < -0.3 is 9.47 Å². The van der Waals surface area contributed by atoms with Crippen LogP contribution in [0.4, 0.5) is 0 Å². The Hall–Kier alpha value is -3.40. The van der Waals surface area contributed by atoms with Crippen LogP contribution in [0.25, 0.3) is 21.5 Å². The van der Waals surface area contributed by atoms with Crippen molar-refractivity contribution in [1.29, 1.82) is 0 Å². The Morgan fingerprint density at radius 1 is 0.862 bits per heavy atom. The van der Waals surface area contributed by atoms with Crippen LogP contribution in [0.15, 0.2) is 72.8 Å². The molecule has 0 saturated carbocycles. The van der Waals surface area contributed by atoms with Crippen LogP contribution in [0.2, 0.25) is 0 Å². The van der Waals surface area contributed by atoms with Gasteiger partial charge in [0.1, 0.15) is 5.75 Å². The maximum Gasteiger partial charge on any atom is 0.338 e. The lowest BCUT2D eigenvalue weighted by atomic mass is 9.95. The summed E-state index contributed by atoms with van der Waals surface area (Å²) < 4.78 is 10.6. The van der Waals surface area contributed by atoms with E-state index >= 15 is 0 Å². The Morgan fingerprint density at radius 3 is 2.07 bits per heavy atom. The minimum atomic E-state index is -0.434. The molecule has 0 fully saturated rings. The van der Waals surface area contributed by atoms with Crippen LogP contribution in [0.1, 0.15) is 32.3 Å². The predicted octanol–water partition coefficient (Wildman–Crippen LogP) is 5.70. The average molecular weight is 388 g/mol. The summed E-state index contributed by atoms with van der Waals surface area (Å²) in [6.45, 7) is 12.8. The fraction of sp³-hybridized carbons (Fsp3) is 0.200. The number of hydrogen-bond donors (Lipinski definition) is 0. The number of fused-ring (bicyclic) bond motifs is 3. The first-order valence-electron chi connectivity index (χ1n) is 9.43. The van der Waals surface area contributed by atoms with Gasteiger partial charge in [-0.25, -0.2) is 9.59 Å². The fourth-order valence-electron chi connectivity index (χ4n) is 3.05. The van der Waals surface area contributed by atoms with Crippen molar-refractivity contribution in [3.63, 3.8) is 0 Å². The van der Waals surface area contributed by atoms with Crippen molar-refractivity contribution in [2.24, 2.45) is 0 Å². The zero-order valence-electron chi connectivity index (χ0n) is 17.0. The van der Waals surface area contributed by atoms with E-state index in [2.05, 4.69) is 31.4 Å². The number of ether oxygens (including phenoxy) is 2. The van der Waals surface area contributed by atoms with E-state index in [1.165, 1.54) is 0 Å². The molecule has 0 aromatic heterocycles. The number of benzene rings is 3. The Kier molecular flexibility index (Phi) is 5.83. The molecule has 0 heterocycles. The molecule has 3 aromatic carbocycles. The normalized spacial score (nSPS) is 11.8. The van der Waals surface area contributed by atoms with Gasteiger partial charge in [-0.2, -0.15) is 0 Å². The van der Waals surface area contributed by atoms with Crippen LogP contribution in [0.5, 0.6) is 5.75 Å². The molecule has 1 atom stereocenters. The third-order valence-electron chi connectivity index (χ3n) is 4.77. The maximum atomic E-state index is 11.7. The van der Waals surface area contributed by atoms with Gasteiger partial charge in [0.15, 0.2) is 0 Å². The largest absolute Gasteiger partial charge is 0.462 e. The molecular weight excluding hydrogens is 364 g/mol. The quantitative estimate of drug-likeness (QED) is 0.235. The van der Waals surface area contributed by atoms with Gasteiger partial charge in [0.25, 0.3) is 0 Å². The highest BCUT2D eigenvalue weighted by Crippen LogP contribution is 2.31. The first-order chi connectivity index (χ1) is 13.8. The number of esters is 2. The lowest BCUT2D eigenvalue weighted by Gasteiger charge is -2.14. The SMILES string of the molecule is C=C(C)C(=O)OCC(C)c1ccc2c(ccc3cc(OC(=O)C(=C)C)ccc32)c1. The van der Waals surface area contributed by atoms with Crippen molar-refractivity contribution in [2.75, 3.05) is 6.61 Å². The van der Waals surface area contributed by atoms with Gasteiger partial charge in [-0.05, 0) is 53.1 Å². The molecule has 0 amide bonds. The van der Waals surface area contributed by atoms with E-state index in [9.17, 15) is 9.59 Å². The van der Waals surface area contributed by atoms with Gasteiger partial charge in [0, 0.05) is 17.1 Å². The van der Waals surface area contributed by atoms with E-state index < -0.39 is 5.97 Å². The number of hydrogen-bond acceptors (Lipinski definition) is 4. The van der Waals surface area contributed by atoms with Crippen molar-refractivity contribution in [1.82, 2.24) is 0 Å². The van der Waals surface area contributed by atoms with Gasteiger partial charge in [-0.1, -0.05) is 56.5 Å². The van der Waals surface area contributed by atoms with E-state index in [1.54, 1.807) is 19.9 Å². The molecule has 0 bridgehead atoms. The van der Waals surface area contributed by atoms with E-state index in [4.69, 9.17) is 9.47 Å². The molecule has 4 heteroatoms. The molecular formula is C25H24O4. The van der Waals surface area contributed by atoms with Crippen LogP contribution in [-0.2, 0) is 14.3 Å². The van der Waals surface area contributed by atoms with Gasteiger partial charge in [0.2, 0.25) is 0 Å². The molecule has 3 rings (SSSR count). The smallest absolute Gasteiger partial charge is 0.338 e. The van der Waals surface area contributed by atoms with Crippen molar-refractivity contribution >= 4 is 33.5 Å². The monoisotopic (exact) mass is 388 g/mol. The summed E-state index contributed by atoms with van der Waals surface area (Å²) in [6, 6.07) is 15.9. The summed E-state index contributed by atoms with van der Waals surface area (Å²) in [7, 11) is 0. The van der Waals surface area contributed by atoms with Crippen LogP contribution in [-0.4, -0.2) is 18.5 Å². The van der Waals surface area contributed by atoms with Crippen LogP contribution in [0.3, 0.4) is 0 Å². The van der Waals surface area contributed by atoms with Crippen LogP contribution in [0, 0.1) is 0 Å². The Morgan fingerprint density at radius 2 is 1.45 bits per heavy atom. The summed E-state index contributed by atoms with van der Waals surface area (Å²) in [5, 5.41) is 4.26. The van der Waals surface area contributed by atoms with Crippen molar-refractivity contribution in [3.05, 3.63) is 78.4 Å². The zero-order chi connectivity index (χ0) is 21.1. The molecule has 148 valence electrons. The highest BCUT2D eigenvalue weighted by Gasteiger charge is 2.12. The molecule has 4 nitrogen and oxygen atoms in total. The summed E-state index contributed by atoms with van der Waals surface area (Å²) in [6.07, 6.45) is 0. The molecule has 0 aliphatic carbocycles.